The largest absolute Gasteiger partial charge is 0.323 e. The number of nitrogens with zero attached hydrogens (tertiary/aromatic N) is 3. The van der Waals surface area contributed by atoms with Gasteiger partial charge in [-0.05, 0) is 66.6 Å². The van der Waals surface area contributed by atoms with Crippen molar-refractivity contribution in [1.29, 1.82) is 0 Å². The Bertz CT molecular complexity index is 1510. The fourth-order valence-corrected chi connectivity index (χ4v) is 4.54. The van der Waals surface area contributed by atoms with E-state index in [1.165, 1.54) is 0 Å². The zero-order valence-corrected chi connectivity index (χ0v) is 21.3. The lowest BCUT2D eigenvalue weighted by Crippen LogP contribution is -2.46. The predicted molar refractivity (Wildman–Crippen MR) is 145 cm³/mol. The highest BCUT2D eigenvalue weighted by Crippen LogP contribution is 2.29. The van der Waals surface area contributed by atoms with Gasteiger partial charge in [0.1, 0.15) is 11.7 Å². The lowest BCUT2D eigenvalue weighted by Gasteiger charge is -2.29. The summed E-state index contributed by atoms with van der Waals surface area (Å²) >= 11 is 6.14. The van der Waals surface area contributed by atoms with E-state index in [-0.39, 0.29) is 30.7 Å². The second-order valence-electron chi connectivity index (χ2n) is 8.97. The molecule has 5 rings (SSSR count). The molecular weight excluding hydrogens is 502 g/mol. The zero-order chi connectivity index (χ0) is 26.6. The Morgan fingerprint density at radius 3 is 2.53 bits per heavy atom. The van der Waals surface area contributed by atoms with Gasteiger partial charge >= 0.3 is 0 Å². The van der Waals surface area contributed by atoms with Gasteiger partial charge in [0.2, 0.25) is 5.91 Å². The quantitative estimate of drug-likeness (QED) is 0.373. The molecule has 0 unspecified atom stereocenters. The molecule has 9 heteroatoms. The van der Waals surface area contributed by atoms with E-state index in [0.717, 1.165) is 11.1 Å². The van der Waals surface area contributed by atoms with Gasteiger partial charge in [0.25, 0.3) is 11.8 Å². The number of pyridine rings is 2. The Labute approximate surface area is 224 Å². The monoisotopic (exact) mass is 525 g/mol. The van der Waals surface area contributed by atoms with Crippen LogP contribution in [0, 0.1) is 6.92 Å². The number of anilines is 2. The molecule has 1 aliphatic heterocycles. The molecule has 0 aliphatic carbocycles. The maximum absolute atomic E-state index is 13.7. The molecule has 3 heterocycles. The summed E-state index contributed by atoms with van der Waals surface area (Å²) in [6.07, 6.45) is 3.48. The van der Waals surface area contributed by atoms with Crippen LogP contribution in [0.15, 0.2) is 85.2 Å². The van der Waals surface area contributed by atoms with E-state index in [2.05, 4.69) is 20.6 Å². The average molecular weight is 526 g/mol. The van der Waals surface area contributed by atoms with Crippen molar-refractivity contribution in [2.45, 2.75) is 25.9 Å². The summed E-state index contributed by atoms with van der Waals surface area (Å²) < 4.78 is 0. The Morgan fingerprint density at radius 2 is 1.79 bits per heavy atom. The minimum Gasteiger partial charge on any atom is -0.323 e. The highest BCUT2D eigenvalue weighted by molar-refractivity contribution is 6.31. The molecule has 38 heavy (non-hydrogen) atoms. The lowest BCUT2D eigenvalue weighted by molar-refractivity contribution is -0.120. The third kappa shape index (κ3) is 5.40. The Kier molecular flexibility index (Phi) is 7.15. The van der Waals surface area contributed by atoms with Crippen molar-refractivity contribution in [2.75, 3.05) is 10.6 Å². The molecule has 2 N–H and O–H groups in total. The summed E-state index contributed by atoms with van der Waals surface area (Å²) in [4.78, 5) is 49.7. The van der Waals surface area contributed by atoms with Crippen LogP contribution < -0.4 is 10.6 Å². The summed E-state index contributed by atoms with van der Waals surface area (Å²) in [5.41, 5.74) is 3.95. The molecule has 0 fully saturated rings. The first-order valence-corrected chi connectivity index (χ1v) is 12.4. The highest BCUT2D eigenvalue weighted by atomic mass is 35.5. The standard InChI is InChI=1S/C29H24ClN5O3/c1-18-5-4-14-32-26(18)28(37)33-21-10-7-19(8-11-21)17-35-25(16-22-6-2-3-13-31-22)27(36)34-24-15-20(30)9-12-23(24)29(35)38/h2-15,25H,16-17H2,1H3,(H,33,37)(H,34,36)/t25-/m1/s1. The van der Waals surface area contributed by atoms with Gasteiger partial charge in [0.15, 0.2) is 0 Å². The van der Waals surface area contributed by atoms with Crippen LogP contribution in [0.25, 0.3) is 0 Å². The van der Waals surface area contributed by atoms with Crippen molar-refractivity contribution in [2.24, 2.45) is 0 Å². The Balaban J connectivity index is 1.41. The normalized spacial score (nSPS) is 14.9. The number of rotatable bonds is 6. The predicted octanol–water partition coefficient (Wildman–Crippen LogP) is 4.90. The Hall–Kier alpha value is -4.56. The van der Waals surface area contributed by atoms with Crippen molar-refractivity contribution >= 4 is 40.7 Å². The van der Waals surface area contributed by atoms with Crippen molar-refractivity contribution in [3.05, 3.63) is 118 Å². The van der Waals surface area contributed by atoms with Gasteiger partial charge in [-0.25, -0.2) is 0 Å². The molecule has 8 nitrogen and oxygen atoms in total. The highest BCUT2D eigenvalue weighted by Gasteiger charge is 2.36. The maximum atomic E-state index is 13.7. The lowest BCUT2D eigenvalue weighted by atomic mass is 10.1. The number of hydrogen-bond donors (Lipinski definition) is 2. The molecule has 2 aromatic carbocycles. The van der Waals surface area contributed by atoms with Gasteiger partial charge in [0.05, 0.1) is 11.3 Å². The number of fused-ring (bicyclic) bond motifs is 1. The molecule has 0 saturated carbocycles. The number of halogens is 1. The molecule has 4 aromatic rings. The van der Waals surface area contributed by atoms with Crippen LogP contribution >= 0.6 is 11.6 Å². The van der Waals surface area contributed by atoms with Crippen molar-refractivity contribution < 1.29 is 14.4 Å². The number of hydrogen-bond acceptors (Lipinski definition) is 5. The van der Waals surface area contributed by atoms with Gasteiger partial charge in [-0.1, -0.05) is 35.9 Å². The number of aromatic nitrogens is 2. The first-order chi connectivity index (χ1) is 18.4. The summed E-state index contributed by atoms with van der Waals surface area (Å²) in [5.74, 6) is -0.917. The van der Waals surface area contributed by atoms with Crippen molar-refractivity contribution in [1.82, 2.24) is 14.9 Å². The van der Waals surface area contributed by atoms with E-state index in [1.807, 2.05) is 37.3 Å². The number of amides is 3. The van der Waals surface area contributed by atoms with Gasteiger partial charge in [0, 0.05) is 41.8 Å². The van der Waals surface area contributed by atoms with Crippen LogP contribution in [-0.4, -0.2) is 38.6 Å². The number of nitrogens with one attached hydrogen (secondary N) is 2. The van der Waals surface area contributed by atoms with Crippen LogP contribution in [0.3, 0.4) is 0 Å². The average Bonchev–Trinajstić information content (AvgIpc) is 3.00. The minimum atomic E-state index is -0.796. The summed E-state index contributed by atoms with van der Waals surface area (Å²) in [6, 6.07) is 20.3. The number of aryl methyl sites for hydroxylation is 1. The molecule has 0 spiro atoms. The fourth-order valence-electron chi connectivity index (χ4n) is 4.37. The van der Waals surface area contributed by atoms with E-state index < -0.39 is 6.04 Å². The van der Waals surface area contributed by atoms with E-state index in [0.29, 0.717) is 33.3 Å². The van der Waals surface area contributed by atoms with Crippen molar-refractivity contribution in [3.63, 3.8) is 0 Å². The third-order valence-corrected chi connectivity index (χ3v) is 6.56. The van der Waals surface area contributed by atoms with Crippen LogP contribution in [0.4, 0.5) is 11.4 Å². The molecule has 190 valence electrons. The van der Waals surface area contributed by atoms with Crippen molar-refractivity contribution in [3.8, 4) is 0 Å². The molecule has 1 aliphatic rings. The summed E-state index contributed by atoms with van der Waals surface area (Å²) in [6.45, 7) is 2.01. The Morgan fingerprint density at radius 1 is 1.00 bits per heavy atom. The molecule has 2 aromatic heterocycles. The second-order valence-corrected chi connectivity index (χ2v) is 9.41. The van der Waals surface area contributed by atoms with E-state index in [1.54, 1.807) is 59.8 Å². The molecule has 0 bridgehead atoms. The minimum absolute atomic E-state index is 0.180. The van der Waals surface area contributed by atoms with Crippen LogP contribution in [0.5, 0.6) is 0 Å². The topological polar surface area (TPSA) is 104 Å². The SMILES string of the molecule is Cc1cccnc1C(=O)Nc1ccc(CN2C(=O)c3ccc(Cl)cc3NC(=O)[C@H]2Cc2ccccn2)cc1. The first kappa shape index (κ1) is 25.1. The van der Waals surface area contributed by atoms with Gasteiger partial charge < -0.3 is 15.5 Å². The van der Waals surface area contributed by atoms with E-state index in [4.69, 9.17) is 11.6 Å². The van der Waals surface area contributed by atoms with Gasteiger partial charge in [-0.3, -0.25) is 24.4 Å². The van der Waals surface area contributed by atoms with E-state index >= 15 is 0 Å². The third-order valence-electron chi connectivity index (χ3n) is 6.33. The van der Waals surface area contributed by atoms with Gasteiger partial charge in [-0.2, -0.15) is 0 Å². The maximum Gasteiger partial charge on any atom is 0.274 e. The molecule has 3 amide bonds. The van der Waals surface area contributed by atoms with Crippen LogP contribution in [-0.2, 0) is 17.8 Å². The number of benzene rings is 2. The summed E-state index contributed by atoms with van der Waals surface area (Å²) in [7, 11) is 0. The fraction of sp³-hybridized carbons (Fsp3) is 0.138. The van der Waals surface area contributed by atoms with E-state index in [9.17, 15) is 14.4 Å². The van der Waals surface area contributed by atoms with Gasteiger partial charge in [-0.15, -0.1) is 0 Å². The number of carbonyl (C=O) groups excluding carboxylic acids is 3. The summed E-state index contributed by atoms with van der Waals surface area (Å²) in [5, 5.41) is 6.13. The molecule has 0 saturated heterocycles. The smallest absolute Gasteiger partial charge is 0.274 e. The molecule has 0 radical (unpaired) electrons. The molecular formula is C29H24ClN5O3. The molecule has 1 atom stereocenters. The first-order valence-electron chi connectivity index (χ1n) is 12.0. The van der Waals surface area contributed by atoms with Crippen LogP contribution in [0.2, 0.25) is 5.02 Å². The van der Waals surface area contributed by atoms with Crippen LogP contribution in [0.1, 0.15) is 37.7 Å². The second kappa shape index (κ2) is 10.8. The number of carbonyl (C=O) groups is 3. The zero-order valence-electron chi connectivity index (χ0n) is 20.5.